The van der Waals surface area contributed by atoms with Crippen molar-refractivity contribution in [1.29, 1.82) is 0 Å². The molecule has 5 heteroatoms. The lowest BCUT2D eigenvalue weighted by molar-refractivity contribution is -0.146. The van der Waals surface area contributed by atoms with Crippen molar-refractivity contribution in [2.75, 3.05) is 6.61 Å². The van der Waals surface area contributed by atoms with Gasteiger partial charge in [0, 0.05) is 6.42 Å². The molecule has 0 aromatic carbocycles. The molecule has 0 heterocycles. The third-order valence-corrected chi connectivity index (χ3v) is 1.40. The first-order chi connectivity index (χ1) is 5.61. The molecule has 70 valence electrons. The standard InChI is InChI=1S/C7H12O4S/c1-2-3-6(12)11-7(10)5(9)4-8/h5,8-9H,2-4H2,1H3. The minimum Gasteiger partial charge on any atom is -0.417 e. The molecule has 0 aliphatic carbocycles. The Morgan fingerprint density at radius 1 is 1.67 bits per heavy atom. The Bertz CT molecular complexity index is 169. The summed E-state index contributed by atoms with van der Waals surface area (Å²) < 4.78 is 4.53. The summed E-state index contributed by atoms with van der Waals surface area (Å²) in [5, 5.41) is 17.3. The van der Waals surface area contributed by atoms with Gasteiger partial charge in [-0.1, -0.05) is 6.92 Å². The summed E-state index contributed by atoms with van der Waals surface area (Å²) in [5.74, 6) is -0.893. The lowest BCUT2D eigenvalue weighted by atomic mass is 10.3. The number of esters is 1. The molecule has 0 saturated heterocycles. The van der Waals surface area contributed by atoms with Crippen molar-refractivity contribution in [3.63, 3.8) is 0 Å². The summed E-state index contributed by atoms with van der Waals surface area (Å²) in [4.78, 5) is 10.7. The van der Waals surface area contributed by atoms with E-state index in [0.29, 0.717) is 6.42 Å². The van der Waals surface area contributed by atoms with Gasteiger partial charge in [-0.3, -0.25) is 0 Å². The fourth-order valence-corrected chi connectivity index (χ4v) is 0.796. The second-order valence-corrected chi connectivity index (χ2v) is 2.70. The van der Waals surface area contributed by atoms with Crippen molar-refractivity contribution in [1.82, 2.24) is 0 Å². The van der Waals surface area contributed by atoms with Crippen LogP contribution >= 0.6 is 12.2 Å². The largest absolute Gasteiger partial charge is 0.417 e. The highest BCUT2D eigenvalue weighted by Gasteiger charge is 2.16. The number of thiocarbonyl (C=S) groups is 1. The number of hydrogen-bond acceptors (Lipinski definition) is 5. The summed E-state index contributed by atoms with van der Waals surface area (Å²) >= 11 is 4.66. The lowest BCUT2D eigenvalue weighted by Gasteiger charge is -2.07. The van der Waals surface area contributed by atoms with Gasteiger partial charge in [0.05, 0.1) is 6.61 Å². The van der Waals surface area contributed by atoms with Crippen LogP contribution in [0.25, 0.3) is 0 Å². The van der Waals surface area contributed by atoms with E-state index in [0.717, 1.165) is 6.42 Å². The summed E-state index contributed by atoms with van der Waals surface area (Å²) in [7, 11) is 0. The van der Waals surface area contributed by atoms with E-state index in [4.69, 9.17) is 10.2 Å². The summed E-state index contributed by atoms with van der Waals surface area (Å²) in [6, 6.07) is 0. The van der Waals surface area contributed by atoms with Gasteiger partial charge in [-0.05, 0) is 18.6 Å². The van der Waals surface area contributed by atoms with Crippen LogP contribution in [0.3, 0.4) is 0 Å². The zero-order chi connectivity index (χ0) is 9.56. The Kier molecular flexibility index (Phi) is 5.79. The molecule has 0 aromatic heterocycles. The van der Waals surface area contributed by atoms with Gasteiger partial charge in [0.2, 0.25) is 0 Å². The highest BCUT2D eigenvalue weighted by molar-refractivity contribution is 7.80. The molecule has 0 rings (SSSR count). The molecule has 0 spiro atoms. The van der Waals surface area contributed by atoms with E-state index >= 15 is 0 Å². The van der Waals surface area contributed by atoms with Crippen molar-refractivity contribution in [2.45, 2.75) is 25.9 Å². The SMILES string of the molecule is CCCC(=S)OC(=O)C(O)CO. The van der Waals surface area contributed by atoms with Gasteiger partial charge >= 0.3 is 5.97 Å². The number of carbonyl (C=O) groups excluding carboxylic acids is 1. The van der Waals surface area contributed by atoms with Gasteiger partial charge in [-0.25, -0.2) is 4.79 Å². The zero-order valence-electron chi connectivity index (χ0n) is 6.82. The third-order valence-electron chi connectivity index (χ3n) is 1.11. The molecule has 1 atom stereocenters. The zero-order valence-corrected chi connectivity index (χ0v) is 7.63. The number of rotatable bonds is 4. The van der Waals surface area contributed by atoms with E-state index in [-0.39, 0.29) is 5.05 Å². The lowest BCUT2D eigenvalue weighted by Crippen LogP contribution is -2.28. The molecular weight excluding hydrogens is 180 g/mol. The van der Waals surface area contributed by atoms with Crippen LogP contribution in [-0.2, 0) is 9.53 Å². The molecule has 0 radical (unpaired) electrons. The Morgan fingerprint density at radius 3 is 2.67 bits per heavy atom. The van der Waals surface area contributed by atoms with E-state index in [2.05, 4.69) is 17.0 Å². The van der Waals surface area contributed by atoms with E-state index in [1.54, 1.807) is 0 Å². The highest BCUT2D eigenvalue weighted by Crippen LogP contribution is 1.97. The first-order valence-corrected chi connectivity index (χ1v) is 4.06. The number of carbonyl (C=O) groups is 1. The van der Waals surface area contributed by atoms with Crippen LogP contribution in [0.4, 0.5) is 0 Å². The maximum absolute atomic E-state index is 10.7. The fourth-order valence-electron chi connectivity index (χ4n) is 0.510. The topological polar surface area (TPSA) is 66.8 Å². The summed E-state index contributed by atoms with van der Waals surface area (Å²) in [6.45, 7) is 1.25. The van der Waals surface area contributed by atoms with Crippen LogP contribution in [0.2, 0.25) is 0 Å². The van der Waals surface area contributed by atoms with Crippen LogP contribution in [-0.4, -0.2) is 33.9 Å². The minimum atomic E-state index is -1.49. The normalized spacial score (nSPS) is 12.2. The predicted molar refractivity (Wildman–Crippen MR) is 46.7 cm³/mol. The molecule has 4 nitrogen and oxygen atoms in total. The van der Waals surface area contributed by atoms with Gasteiger partial charge in [0.1, 0.15) is 0 Å². The Labute approximate surface area is 76.2 Å². The minimum absolute atomic E-state index is 0.148. The monoisotopic (exact) mass is 192 g/mol. The maximum atomic E-state index is 10.7. The van der Waals surface area contributed by atoms with E-state index in [1.807, 2.05) is 6.92 Å². The van der Waals surface area contributed by atoms with Gasteiger partial charge in [0.25, 0.3) is 0 Å². The average molecular weight is 192 g/mol. The first kappa shape index (κ1) is 11.5. The van der Waals surface area contributed by atoms with Gasteiger partial charge < -0.3 is 14.9 Å². The molecule has 0 fully saturated rings. The molecular formula is C7H12O4S. The highest BCUT2D eigenvalue weighted by atomic mass is 32.1. The average Bonchev–Trinajstić information content (AvgIpc) is 2.03. The molecule has 2 N–H and O–H groups in total. The maximum Gasteiger partial charge on any atom is 0.343 e. The number of hydrogen-bond donors (Lipinski definition) is 2. The molecule has 0 aliphatic rings. The van der Waals surface area contributed by atoms with Crippen LogP contribution in [0.1, 0.15) is 19.8 Å². The van der Waals surface area contributed by atoms with Crippen molar-refractivity contribution < 1.29 is 19.7 Å². The smallest absolute Gasteiger partial charge is 0.343 e. The molecule has 0 aromatic rings. The van der Waals surface area contributed by atoms with E-state index in [1.165, 1.54) is 0 Å². The first-order valence-electron chi connectivity index (χ1n) is 3.65. The van der Waals surface area contributed by atoms with Crippen molar-refractivity contribution in [2.24, 2.45) is 0 Å². The molecule has 1 unspecified atom stereocenters. The van der Waals surface area contributed by atoms with Gasteiger partial charge in [-0.2, -0.15) is 0 Å². The Hall–Kier alpha value is -0.520. The third kappa shape index (κ3) is 4.38. The molecule has 0 amide bonds. The molecule has 0 aliphatic heterocycles. The van der Waals surface area contributed by atoms with Gasteiger partial charge in [0.15, 0.2) is 11.2 Å². The Balaban J connectivity index is 3.76. The number of aliphatic hydroxyl groups is 2. The van der Waals surface area contributed by atoms with Crippen molar-refractivity contribution in [3.8, 4) is 0 Å². The van der Waals surface area contributed by atoms with Crippen molar-refractivity contribution >= 4 is 23.2 Å². The molecule has 0 bridgehead atoms. The summed E-state index contributed by atoms with van der Waals surface area (Å²) in [5.41, 5.74) is 0. The van der Waals surface area contributed by atoms with E-state index in [9.17, 15) is 4.79 Å². The van der Waals surface area contributed by atoms with Gasteiger partial charge in [-0.15, -0.1) is 0 Å². The molecule has 12 heavy (non-hydrogen) atoms. The fraction of sp³-hybridized carbons (Fsp3) is 0.714. The van der Waals surface area contributed by atoms with Crippen LogP contribution in [0.5, 0.6) is 0 Å². The Morgan fingerprint density at radius 2 is 2.25 bits per heavy atom. The van der Waals surface area contributed by atoms with Crippen LogP contribution < -0.4 is 0 Å². The second kappa shape index (κ2) is 6.05. The molecule has 0 saturated carbocycles. The number of ether oxygens (including phenoxy) is 1. The predicted octanol–water partition coefficient (Wildman–Crippen LogP) is 0.0103. The number of aliphatic hydroxyl groups excluding tert-OH is 2. The van der Waals surface area contributed by atoms with Crippen LogP contribution in [0, 0.1) is 0 Å². The van der Waals surface area contributed by atoms with E-state index < -0.39 is 18.7 Å². The second-order valence-electron chi connectivity index (χ2n) is 2.24. The van der Waals surface area contributed by atoms with Crippen molar-refractivity contribution in [3.05, 3.63) is 0 Å². The summed E-state index contributed by atoms with van der Waals surface area (Å²) in [6.07, 6.45) is -0.208. The quantitative estimate of drug-likeness (QED) is 0.485. The van der Waals surface area contributed by atoms with Crippen LogP contribution in [0.15, 0.2) is 0 Å².